The first kappa shape index (κ1) is 40.5. The quantitative estimate of drug-likeness (QED) is 0.112. The molecule has 0 spiro atoms. The van der Waals surface area contributed by atoms with E-state index >= 15 is 0 Å². The van der Waals surface area contributed by atoms with E-state index < -0.39 is 18.1 Å². The van der Waals surface area contributed by atoms with Gasteiger partial charge in [-0.3, -0.25) is 4.57 Å². The molecular weight excluding hydrogens is 1010 g/mol. The van der Waals surface area contributed by atoms with Crippen molar-refractivity contribution in [2.75, 3.05) is 0 Å². The summed E-state index contributed by atoms with van der Waals surface area (Å²) in [6.45, 7) is 22.3. The molecule has 0 saturated heterocycles. The molecular formula is C62H58N4OPt-2. The molecule has 0 aliphatic rings. The van der Waals surface area contributed by atoms with Crippen molar-refractivity contribution in [1.29, 1.82) is 0 Å². The Morgan fingerprint density at radius 3 is 1.99 bits per heavy atom. The number of nitrogens with zero attached hydrogens (tertiary/aromatic N) is 4. The standard InChI is InChI=1S/C62H58N4O.Pt/c1-41(60(2,3)4)43-32-33-63-58(36-43)66-54-27-15-14-24-52(54)53-31-30-49(39-57(53)66)67-48-23-18-22-47(38-48)64-40-65(56-29-17-16-28-55(56)64)59-50(42-20-12-11-13-21-42)25-19-26-51(59)44-34-45(61(5,6)7)37-46(35-44)62(8,9)10;/h11-37,41H,1-10H3;/q-2;/i11D,12D,13D,20D,21D;. The molecule has 1 atom stereocenters. The van der Waals surface area contributed by atoms with Gasteiger partial charge in [-0.1, -0.05) is 184 Å². The Morgan fingerprint density at radius 1 is 0.632 bits per heavy atom. The van der Waals surface area contributed by atoms with Crippen LogP contribution in [0.5, 0.6) is 11.5 Å². The van der Waals surface area contributed by atoms with Gasteiger partial charge >= 0.3 is 0 Å². The largest absolute Gasteiger partial charge is 0.510 e. The van der Waals surface area contributed by atoms with Crippen molar-refractivity contribution in [3.63, 3.8) is 0 Å². The summed E-state index contributed by atoms with van der Waals surface area (Å²) in [5.74, 6) is 2.10. The van der Waals surface area contributed by atoms with Crippen LogP contribution < -0.4 is 9.30 Å². The van der Waals surface area contributed by atoms with E-state index in [-0.39, 0.29) is 55.0 Å². The zero-order valence-corrected chi connectivity index (χ0v) is 42.6. The van der Waals surface area contributed by atoms with E-state index in [2.05, 4.69) is 147 Å². The second-order valence-corrected chi connectivity index (χ2v) is 20.7. The van der Waals surface area contributed by atoms with Crippen LogP contribution in [0, 0.1) is 23.9 Å². The van der Waals surface area contributed by atoms with Crippen molar-refractivity contribution in [3.05, 3.63) is 199 Å². The Hall–Kier alpha value is -6.55. The van der Waals surface area contributed by atoms with E-state index in [1.54, 1.807) is 0 Å². The van der Waals surface area contributed by atoms with E-state index in [0.717, 1.165) is 60.9 Å². The monoisotopic (exact) mass is 1070 g/mol. The number of hydrogen-bond acceptors (Lipinski definition) is 2. The number of benzene rings is 7. The predicted octanol–water partition coefficient (Wildman–Crippen LogP) is 15.7. The minimum absolute atomic E-state index is 0. The van der Waals surface area contributed by atoms with Crippen LogP contribution in [0.4, 0.5) is 0 Å². The summed E-state index contributed by atoms with van der Waals surface area (Å²) in [5.41, 5.74) is 10.3. The summed E-state index contributed by atoms with van der Waals surface area (Å²) in [4.78, 5) is 4.89. The maximum absolute atomic E-state index is 9.21. The second-order valence-electron chi connectivity index (χ2n) is 20.7. The first-order chi connectivity index (χ1) is 34.1. The van der Waals surface area contributed by atoms with Gasteiger partial charge in [0.05, 0.1) is 23.6 Å². The third kappa shape index (κ3) is 8.74. The molecule has 0 aliphatic heterocycles. The van der Waals surface area contributed by atoms with Crippen LogP contribution in [0.3, 0.4) is 0 Å². The van der Waals surface area contributed by atoms with Gasteiger partial charge in [-0.2, -0.15) is 18.2 Å². The molecule has 7 aromatic carbocycles. The summed E-state index contributed by atoms with van der Waals surface area (Å²) < 4.78 is 57.0. The van der Waals surface area contributed by atoms with Gasteiger partial charge in [0.1, 0.15) is 5.82 Å². The van der Waals surface area contributed by atoms with Crippen molar-refractivity contribution < 1.29 is 37.2 Å². The summed E-state index contributed by atoms with van der Waals surface area (Å²) in [5, 5.41) is 2.13. The fraction of sp³-hybridized carbons (Fsp3) is 0.226. The third-order valence-electron chi connectivity index (χ3n) is 13.1. The van der Waals surface area contributed by atoms with Gasteiger partial charge in [-0.25, -0.2) is 4.98 Å². The third-order valence-corrected chi connectivity index (χ3v) is 13.1. The average Bonchev–Trinajstić information content (AvgIpc) is 3.90. The smallest absolute Gasteiger partial charge is 0.268 e. The van der Waals surface area contributed by atoms with Crippen molar-refractivity contribution in [2.24, 2.45) is 5.41 Å². The maximum Gasteiger partial charge on any atom is 0.268 e. The number of pyridine rings is 1. The topological polar surface area (TPSA) is 35.9 Å². The van der Waals surface area contributed by atoms with Crippen LogP contribution in [0.25, 0.3) is 72.3 Å². The molecule has 0 N–H and O–H groups in total. The molecule has 0 radical (unpaired) electrons. The van der Waals surface area contributed by atoms with Gasteiger partial charge in [-0.05, 0) is 90.4 Å². The van der Waals surface area contributed by atoms with Crippen LogP contribution in [0.2, 0.25) is 0 Å². The summed E-state index contributed by atoms with van der Waals surface area (Å²) in [6, 6.07) is 48.2. The fourth-order valence-corrected chi connectivity index (χ4v) is 8.90. The molecule has 0 amide bonds. The predicted molar refractivity (Wildman–Crippen MR) is 276 cm³/mol. The van der Waals surface area contributed by atoms with Crippen LogP contribution in [-0.2, 0) is 31.9 Å². The van der Waals surface area contributed by atoms with Gasteiger partial charge < -0.3 is 13.9 Å². The molecule has 3 heterocycles. The van der Waals surface area contributed by atoms with Crippen molar-refractivity contribution in [1.82, 2.24) is 14.1 Å². The van der Waals surface area contributed by atoms with E-state index in [1.165, 1.54) is 5.56 Å². The summed E-state index contributed by atoms with van der Waals surface area (Å²) >= 11 is 0. The number of rotatable bonds is 8. The van der Waals surface area contributed by atoms with E-state index in [4.69, 9.17) is 13.8 Å². The number of imidazole rings is 1. The summed E-state index contributed by atoms with van der Waals surface area (Å²) in [7, 11) is 0. The molecule has 6 heteroatoms. The number of aromatic nitrogens is 4. The van der Waals surface area contributed by atoms with E-state index in [9.17, 15) is 2.74 Å². The normalized spacial score (nSPS) is 13.7. The number of para-hydroxylation sites is 4. The fourth-order valence-electron chi connectivity index (χ4n) is 8.90. The number of hydrogen-bond donors (Lipinski definition) is 0. The van der Waals surface area contributed by atoms with Crippen LogP contribution in [0.15, 0.2) is 164 Å². The van der Waals surface area contributed by atoms with Gasteiger partial charge in [0.25, 0.3) is 6.33 Å². The van der Waals surface area contributed by atoms with E-state index in [1.807, 2.05) is 88.1 Å². The molecule has 0 fully saturated rings. The molecule has 344 valence electrons. The molecule has 68 heavy (non-hydrogen) atoms. The van der Waals surface area contributed by atoms with Crippen molar-refractivity contribution >= 4 is 32.8 Å². The van der Waals surface area contributed by atoms with Crippen LogP contribution in [-0.4, -0.2) is 14.1 Å². The second kappa shape index (κ2) is 17.8. The van der Waals surface area contributed by atoms with Crippen molar-refractivity contribution in [3.8, 4) is 50.9 Å². The molecule has 0 saturated carbocycles. The van der Waals surface area contributed by atoms with Gasteiger partial charge in [0.2, 0.25) is 0 Å². The molecule has 0 aliphatic carbocycles. The van der Waals surface area contributed by atoms with E-state index in [0.29, 0.717) is 34.4 Å². The average molecular weight is 1080 g/mol. The first-order valence-corrected chi connectivity index (χ1v) is 23.0. The molecule has 1 unspecified atom stereocenters. The first-order valence-electron chi connectivity index (χ1n) is 25.5. The molecule has 10 aromatic rings. The van der Waals surface area contributed by atoms with Gasteiger partial charge in [0, 0.05) is 44.3 Å². The zero-order valence-electron chi connectivity index (χ0n) is 45.3. The zero-order chi connectivity index (χ0) is 51.2. The Kier molecular flexibility index (Phi) is 10.6. The van der Waals surface area contributed by atoms with Gasteiger partial charge in [-0.15, -0.1) is 29.7 Å². The molecule has 10 rings (SSSR count). The Labute approximate surface area is 423 Å². The Bertz CT molecular complexity index is 3720. The minimum Gasteiger partial charge on any atom is -0.510 e. The minimum atomic E-state index is -0.444. The summed E-state index contributed by atoms with van der Waals surface area (Å²) in [6.07, 6.45) is 5.56. The number of ether oxygens (including phenoxy) is 1. The molecule has 5 nitrogen and oxygen atoms in total. The van der Waals surface area contributed by atoms with Crippen LogP contribution >= 0.6 is 0 Å². The maximum atomic E-state index is 9.21. The Balaban J connectivity index is 0.00000656. The molecule has 0 bridgehead atoms. The van der Waals surface area contributed by atoms with Crippen LogP contribution in [0.1, 0.15) is 98.7 Å². The van der Waals surface area contributed by atoms with Gasteiger partial charge in [0.15, 0.2) is 0 Å². The Morgan fingerprint density at radius 2 is 1.28 bits per heavy atom. The van der Waals surface area contributed by atoms with Crippen molar-refractivity contribution in [2.45, 2.75) is 86.0 Å². The molecule has 3 aromatic heterocycles. The number of fused-ring (bicyclic) bond motifs is 4. The SMILES string of the molecule is [2H]c1c([2H])c([2H])c(-c2cccc(-c3cc(C(C)(C)C)cc(C(C)(C)C)c3)c2-[n+]2[c-]n(-c3[c-]c(Oc4[c-]c5c(cc4)c4ccccc4n5-c4cc(C(C)C(C)(C)C)ccn4)ccc3)c3ccccc32)c([2H])c1[2H].[Pt].